The molecule has 7 heterocycles. The third-order valence-electron chi connectivity index (χ3n) is 7.89. The van der Waals surface area contributed by atoms with Crippen molar-refractivity contribution in [3.05, 3.63) is 60.2 Å². The van der Waals surface area contributed by atoms with Crippen LogP contribution in [0.2, 0.25) is 0 Å². The van der Waals surface area contributed by atoms with Gasteiger partial charge in [0.1, 0.15) is 12.1 Å². The average Bonchev–Trinajstić information content (AvgIpc) is 3.75. The minimum Gasteiger partial charge on any atom is -0.383 e. The number of amides is 1. The Balaban J connectivity index is 1.27. The largest absolute Gasteiger partial charge is 0.383 e. The van der Waals surface area contributed by atoms with E-state index in [1.807, 2.05) is 23.1 Å². The molecule has 4 N–H and O–H groups in total. The Hall–Kier alpha value is -4.94. The first-order chi connectivity index (χ1) is 19.0. The number of nitrogens with one attached hydrogen (secondary N) is 2. The second-order valence-electron chi connectivity index (χ2n) is 10.1. The molecule has 0 radical (unpaired) electrons. The normalized spacial score (nSPS) is 20.5. The topological polar surface area (TPSA) is 177 Å². The number of aromatic amines is 2. The lowest BCUT2D eigenvalue weighted by Crippen LogP contribution is -2.46. The molecule has 2 saturated heterocycles. The van der Waals surface area contributed by atoms with Crippen molar-refractivity contribution in [2.45, 2.75) is 50.6 Å². The van der Waals surface area contributed by atoms with Gasteiger partial charge >= 0.3 is 0 Å². The molecular formula is C26H25N11O2. The number of ketones is 1. The van der Waals surface area contributed by atoms with E-state index in [4.69, 9.17) is 10.7 Å². The summed E-state index contributed by atoms with van der Waals surface area (Å²) in [6, 6.07) is 5.75. The summed E-state index contributed by atoms with van der Waals surface area (Å²) in [7, 11) is 0. The molecule has 13 heteroatoms. The number of hydrogen-bond acceptors (Lipinski definition) is 9. The fourth-order valence-electron chi connectivity index (χ4n) is 6.17. The number of carbonyl (C=O) groups is 2. The Labute approximate surface area is 221 Å². The number of carbonyl (C=O) groups excluding carboxylic acids is 2. The van der Waals surface area contributed by atoms with E-state index < -0.39 is 0 Å². The van der Waals surface area contributed by atoms with E-state index in [-0.39, 0.29) is 41.3 Å². The number of nitrogen functional groups attached to an aromatic ring is 1. The number of fused-ring (bicyclic) bond motifs is 3. The average molecular weight is 524 g/mol. The Morgan fingerprint density at radius 1 is 1.03 bits per heavy atom. The van der Waals surface area contributed by atoms with E-state index in [1.54, 1.807) is 18.6 Å². The van der Waals surface area contributed by atoms with E-state index in [1.165, 1.54) is 17.8 Å². The van der Waals surface area contributed by atoms with E-state index in [0.29, 0.717) is 29.7 Å². The van der Waals surface area contributed by atoms with Gasteiger partial charge in [-0.3, -0.25) is 24.8 Å². The minimum atomic E-state index is -0.160. The lowest BCUT2D eigenvalue weighted by atomic mass is 9.85. The number of hydrogen-bond donors (Lipinski definition) is 3. The molecule has 2 bridgehead atoms. The van der Waals surface area contributed by atoms with Crippen LogP contribution < -0.4 is 5.73 Å². The van der Waals surface area contributed by atoms with Gasteiger partial charge in [0.25, 0.3) is 5.91 Å². The quantitative estimate of drug-likeness (QED) is 0.292. The molecule has 13 nitrogen and oxygen atoms in total. The van der Waals surface area contributed by atoms with Crippen LogP contribution in [0, 0.1) is 0 Å². The Kier molecular flexibility index (Phi) is 5.25. The monoisotopic (exact) mass is 523 g/mol. The van der Waals surface area contributed by atoms with Gasteiger partial charge in [0.05, 0.1) is 28.8 Å². The molecular weight excluding hydrogens is 498 g/mol. The number of rotatable bonds is 5. The van der Waals surface area contributed by atoms with Crippen LogP contribution in [0.25, 0.3) is 28.2 Å². The van der Waals surface area contributed by atoms with Gasteiger partial charge in [-0.2, -0.15) is 19.8 Å². The molecule has 2 atom stereocenters. The summed E-state index contributed by atoms with van der Waals surface area (Å²) in [6.07, 6.45) is 9.62. The molecule has 2 aliphatic heterocycles. The number of anilines is 1. The van der Waals surface area contributed by atoms with Gasteiger partial charge in [-0.1, -0.05) is 6.07 Å². The van der Waals surface area contributed by atoms with Crippen LogP contribution in [0.4, 0.5) is 5.82 Å². The predicted molar refractivity (Wildman–Crippen MR) is 140 cm³/mol. The molecule has 7 rings (SSSR count). The van der Waals surface area contributed by atoms with E-state index in [9.17, 15) is 9.59 Å². The Bertz CT molecular complexity index is 1680. The summed E-state index contributed by atoms with van der Waals surface area (Å²) in [5.74, 6) is 0.179. The van der Waals surface area contributed by atoms with Gasteiger partial charge in [-0.15, -0.1) is 0 Å². The zero-order valence-corrected chi connectivity index (χ0v) is 21.1. The number of nitrogens with zero attached hydrogens (tertiary/aromatic N) is 8. The highest BCUT2D eigenvalue weighted by Crippen LogP contribution is 2.45. The summed E-state index contributed by atoms with van der Waals surface area (Å²) in [5, 5.41) is 17.9. The van der Waals surface area contributed by atoms with Crippen molar-refractivity contribution < 1.29 is 9.59 Å². The molecule has 0 aromatic carbocycles. The van der Waals surface area contributed by atoms with Crippen LogP contribution in [0.3, 0.4) is 0 Å². The van der Waals surface area contributed by atoms with Gasteiger partial charge in [-0.05, 0) is 44.7 Å². The first kappa shape index (κ1) is 23.2. The van der Waals surface area contributed by atoms with Crippen molar-refractivity contribution in [2.24, 2.45) is 0 Å². The maximum Gasteiger partial charge on any atom is 0.291 e. The molecule has 196 valence electrons. The van der Waals surface area contributed by atoms with E-state index in [0.717, 1.165) is 35.4 Å². The van der Waals surface area contributed by atoms with Crippen molar-refractivity contribution in [3.63, 3.8) is 0 Å². The molecule has 2 fully saturated rings. The van der Waals surface area contributed by atoms with Crippen molar-refractivity contribution in [2.75, 3.05) is 5.73 Å². The van der Waals surface area contributed by atoms with Crippen LogP contribution >= 0.6 is 0 Å². The zero-order valence-electron chi connectivity index (χ0n) is 21.1. The molecule has 0 saturated carbocycles. The highest BCUT2D eigenvalue weighted by Gasteiger charge is 2.45. The standard InChI is InChI=1S/C26H25N11O2/c1-13(38)21-22(15-8-16-3-4-17(9-15)36(16)26(39)24-29-12-31-35-24)33-25-18(11-32-37(25)23(21)27)14-2-5-19(28-10-14)20-6-7-30-34-20/h2,5-7,10-12,15-17H,3-4,8-9,27H2,1H3,(H,30,34)(H,29,31,35). The number of nitrogens with two attached hydrogens (primary N) is 1. The third-order valence-corrected chi connectivity index (χ3v) is 7.89. The SMILES string of the molecule is CC(=O)c1c(C2CC3CCC(C2)N3C(=O)c2ncn[nH]2)nc2c(-c3ccc(-c4ccn[nH]4)nc3)cnn2c1N. The lowest BCUT2D eigenvalue weighted by Gasteiger charge is -2.38. The molecule has 1 amide bonds. The second kappa shape index (κ2) is 8.82. The highest BCUT2D eigenvalue weighted by atomic mass is 16.2. The van der Waals surface area contributed by atoms with Crippen LogP contribution in [0.5, 0.6) is 0 Å². The van der Waals surface area contributed by atoms with Crippen LogP contribution in [0.15, 0.2) is 43.1 Å². The van der Waals surface area contributed by atoms with Gasteiger partial charge in [0.15, 0.2) is 11.4 Å². The van der Waals surface area contributed by atoms with E-state index in [2.05, 4.69) is 35.5 Å². The van der Waals surface area contributed by atoms with Crippen LogP contribution in [0.1, 0.15) is 65.2 Å². The Morgan fingerprint density at radius 2 is 1.85 bits per heavy atom. The number of H-pyrrole nitrogens is 2. The number of pyridine rings is 1. The van der Waals surface area contributed by atoms with Gasteiger partial charge in [-0.25, -0.2) is 9.97 Å². The van der Waals surface area contributed by atoms with Gasteiger partial charge in [0, 0.05) is 41.5 Å². The predicted octanol–water partition coefficient (Wildman–Crippen LogP) is 2.64. The number of Topliss-reactive ketones (excluding diaryl/α,β-unsaturated/α-hetero) is 1. The maximum absolute atomic E-state index is 13.1. The molecule has 0 spiro atoms. The Morgan fingerprint density at radius 3 is 2.49 bits per heavy atom. The fraction of sp³-hybridized carbons (Fsp3) is 0.308. The molecule has 39 heavy (non-hydrogen) atoms. The van der Waals surface area contributed by atoms with Crippen molar-refractivity contribution >= 4 is 23.2 Å². The van der Waals surface area contributed by atoms with Crippen molar-refractivity contribution in [1.82, 2.24) is 49.9 Å². The minimum absolute atomic E-state index is 0.0222. The molecule has 0 aliphatic carbocycles. The smallest absolute Gasteiger partial charge is 0.291 e. The number of aromatic nitrogens is 9. The first-order valence-corrected chi connectivity index (χ1v) is 12.8. The van der Waals surface area contributed by atoms with Crippen LogP contribution in [-0.4, -0.2) is 73.6 Å². The lowest BCUT2D eigenvalue weighted by molar-refractivity contribution is 0.0556. The molecule has 5 aromatic rings. The fourth-order valence-corrected chi connectivity index (χ4v) is 6.17. The van der Waals surface area contributed by atoms with Gasteiger partial charge < -0.3 is 10.6 Å². The summed E-state index contributed by atoms with van der Waals surface area (Å²) in [4.78, 5) is 41.5. The van der Waals surface area contributed by atoms with Crippen molar-refractivity contribution in [3.8, 4) is 22.5 Å². The molecule has 2 aliphatic rings. The van der Waals surface area contributed by atoms with Crippen molar-refractivity contribution in [1.29, 1.82) is 0 Å². The van der Waals surface area contributed by atoms with E-state index >= 15 is 0 Å². The highest BCUT2D eigenvalue weighted by molar-refractivity contribution is 6.00. The summed E-state index contributed by atoms with van der Waals surface area (Å²) in [5.41, 5.74) is 11.4. The number of piperidine rings is 1. The first-order valence-electron chi connectivity index (χ1n) is 12.8. The summed E-state index contributed by atoms with van der Waals surface area (Å²) >= 11 is 0. The maximum atomic E-state index is 13.1. The summed E-state index contributed by atoms with van der Waals surface area (Å²) < 4.78 is 1.52. The molecule has 2 unspecified atom stereocenters. The van der Waals surface area contributed by atoms with Crippen LogP contribution in [-0.2, 0) is 0 Å². The zero-order chi connectivity index (χ0) is 26.7. The third kappa shape index (κ3) is 3.68. The summed E-state index contributed by atoms with van der Waals surface area (Å²) in [6.45, 7) is 1.50. The molecule has 5 aromatic heterocycles. The second-order valence-corrected chi connectivity index (χ2v) is 10.1. The van der Waals surface area contributed by atoms with Gasteiger partial charge in [0.2, 0.25) is 5.82 Å².